The highest BCUT2D eigenvalue weighted by Crippen LogP contribution is 2.78. The van der Waals surface area contributed by atoms with E-state index in [1.807, 2.05) is 6.08 Å². The number of carbonyl (C=O) groups is 1. The summed E-state index contributed by atoms with van der Waals surface area (Å²) in [4.78, 5) is 12.0. The molecular formula is C24H32O2. The monoisotopic (exact) mass is 352 g/mol. The van der Waals surface area contributed by atoms with Crippen molar-refractivity contribution >= 4 is 5.78 Å². The van der Waals surface area contributed by atoms with Crippen molar-refractivity contribution in [1.29, 1.82) is 0 Å². The molecule has 0 saturated heterocycles. The van der Waals surface area contributed by atoms with Crippen LogP contribution in [0.25, 0.3) is 0 Å². The number of rotatable bonds is 1. The van der Waals surface area contributed by atoms with Gasteiger partial charge in [0.15, 0.2) is 5.78 Å². The first-order valence-electron chi connectivity index (χ1n) is 11.2. The SMILES string of the molecule is CC[C@]12CCC3C(C(C)CC4=CC(=O)CC[C@@H]43)C1[C@@H]1C[C@@H]1[C@@]21C=CCO1. The average Bonchev–Trinajstić information content (AvgIpc) is 3.21. The molecule has 4 fully saturated rings. The Hall–Kier alpha value is -0.890. The number of allylic oxidation sites excluding steroid dienone is 1. The Kier molecular flexibility index (Phi) is 3.18. The molecule has 0 N–H and O–H groups in total. The first-order valence-corrected chi connectivity index (χ1v) is 11.2. The quantitative estimate of drug-likeness (QED) is 0.625. The van der Waals surface area contributed by atoms with Gasteiger partial charge in [0.2, 0.25) is 0 Å². The van der Waals surface area contributed by atoms with Crippen molar-refractivity contribution in [1.82, 2.24) is 0 Å². The number of ketones is 1. The summed E-state index contributed by atoms with van der Waals surface area (Å²) in [5.74, 6) is 6.05. The minimum absolute atomic E-state index is 0.0699. The van der Waals surface area contributed by atoms with E-state index in [0.717, 1.165) is 55.0 Å². The van der Waals surface area contributed by atoms with Gasteiger partial charge in [-0.3, -0.25) is 4.79 Å². The number of fused-ring (bicyclic) bond motifs is 9. The highest BCUT2D eigenvalue weighted by molar-refractivity contribution is 5.91. The van der Waals surface area contributed by atoms with Gasteiger partial charge in [-0.25, -0.2) is 0 Å². The normalized spacial score (nSPS) is 56.6. The molecule has 0 aromatic carbocycles. The van der Waals surface area contributed by atoms with Crippen LogP contribution < -0.4 is 0 Å². The zero-order chi connectivity index (χ0) is 17.7. The Bertz CT molecular complexity index is 720. The predicted octanol–water partition coefficient (Wildman–Crippen LogP) is 4.95. The molecule has 4 saturated carbocycles. The molecule has 4 unspecified atom stereocenters. The summed E-state index contributed by atoms with van der Waals surface area (Å²) in [5.41, 5.74) is 1.96. The van der Waals surface area contributed by atoms with Crippen molar-refractivity contribution in [2.75, 3.05) is 6.61 Å². The topological polar surface area (TPSA) is 26.3 Å². The Labute approximate surface area is 157 Å². The third-order valence-corrected chi connectivity index (χ3v) is 9.77. The van der Waals surface area contributed by atoms with Crippen LogP contribution in [0.4, 0.5) is 0 Å². The van der Waals surface area contributed by atoms with Crippen LogP contribution in [-0.4, -0.2) is 18.0 Å². The fourth-order valence-corrected chi connectivity index (χ4v) is 9.05. The van der Waals surface area contributed by atoms with Crippen LogP contribution >= 0.6 is 0 Å². The molecule has 1 aliphatic heterocycles. The summed E-state index contributed by atoms with van der Waals surface area (Å²) in [6, 6.07) is 0. The number of hydrogen-bond donors (Lipinski definition) is 0. The molecule has 0 aromatic heterocycles. The maximum absolute atomic E-state index is 12.0. The van der Waals surface area contributed by atoms with Gasteiger partial charge in [0.1, 0.15) is 0 Å². The second-order valence-corrected chi connectivity index (χ2v) is 10.3. The van der Waals surface area contributed by atoms with Gasteiger partial charge in [0.25, 0.3) is 0 Å². The lowest BCUT2D eigenvalue weighted by atomic mass is 9.46. The van der Waals surface area contributed by atoms with Gasteiger partial charge in [-0.2, -0.15) is 0 Å². The standard InChI is InChI=1S/C24H32O2/c1-3-23-9-7-18-17-6-5-16(25)12-15(17)11-14(2)21(18)22(23)19-13-20(19)24(23)8-4-10-26-24/h4,8,12,14,17-22H,3,5-7,9-11,13H2,1-2H3/t14?,17-,18?,19+,20-,21?,22?,23-,24-/m0/s1. The van der Waals surface area contributed by atoms with Crippen LogP contribution in [-0.2, 0) is 9.53 Å². The molecule has 1 spiro atoms. The number of carbonyl (C=O) groups excluding carboxylic acids is 1. The van der Waals surface area contributed by atoms with E-state index in [9.17, 15) is 4.79 Å². The lowest BCUT2D eigenvalue weighted by Gasteiger charge is -2.60. The highest BCUT2D eigenvalue weighted by Gasteiger charge is 2.77. The van der Waals surface area contributed by atoms with Crippen LogP contribution in [0.1, 0.15) is 58.8 Å². The van der Waals surface area contributed by atoms with Crippen molar-refractivity contribution in [2.24, 2.45) is 46.8 Å². The van der Waals surface area contributed by atoms with Gasteiger partial charge < -0.3 is 4.74 Å². The molecule has 2 nitrogen and oxygen atoms in total. The molecule has 6 aliphatic rings. The Morgan fingerprint density at radius 1 is 1.27 bits per heavy atom. The van der Waals surface area contributed by atoms with E-state index in [2.05, 4.69) is 26.0 Å². The van der Waals surface area contributed by atoms with Gasteiger partial charge in [0.05, 0.1) is 12.2 Å². The molecular weight excluding hydrogens is 320 g/mol. The predicted molar refractivity (Wildman–Crippen MR) is 101 cm³/mol. The summed E-state index contributed by atoms with van der Waals surface area (Å²) < 4.78 is 6.59. The zero-order valence-corrected chi connectivity index (χ0v) is 16.2. The van der Waals surface area contributed by atoms with Gasteiger partial charge in [-0.1, -0.05) is 31.6 Å². The summed E-state index contributed by atoms with van der Waals surface area (Å²) in [5, 5.41) is 0. The number of hydrogen-bond acceptors (Lipinski definition) is 2. The van der Waals surface area contributed by atoms with Crippen molar-refractivity contribution in [2.45, 2.75) is 64.4 Å². The van der Waals surface area contributed by atoms with Crippen LogP contribution in [0.2, 0.25) is 0 Å². The zero-order valence-electron chi connectivity index (χ0n) is 16.2. The van der Waals surface area contributed by atoms with E-state index < -0.39 is 0 Å². The molecule has 0 aromatic rings. The van der Waals surface area contributed by atoms with Gasteiger partial charge in [-0.15, -0.1) is 0 Å². The van der Waals surface area contributed by atoms with Crippen LogP contribution in [0.15, 0.2) is 23.8 Å². The summed E-state index contributed by atoms with van der Waals surface area (Å²) >= 11 is 0. The molecule has 0 radical (unpaired) electrons. The molecule has 140 valence electrons. The van der Waals surface area contributed by atoms with Crippen LogP contribution in [0, 0.1) is 46.8 Å². The van der Waals surface area contributed by atoms with Crippen LogP contribution in [0.5, 0.6) is 0 Å². The fraction of sp³-hybridized carbons (Fsp3) is 0.792. The van der Waals surface area contributed by atoms with E-state index in [4.69, 9.17) is 4.74 Å². The van der Waals surface area contributed by atoms with E-state index in [0.29, 0.717) is 17.1 Å². The van der Waals surface area contributed by atoms with Crippen molar-refractivity contribution in [3.8, 4) is 0 Å². The third kappa shape index (κ3) is 1.72. The Morgan fingerprint density at radius 2 is 2.15 bits per heavy atom. The van der Waals surface area contributed by atoms with E-state index in [-0.39, 0.29) is 5.60 Å². The van der Waals surface area contributed by atoms with Gasteiger partial charge in [-0.05, 0) is 86.0 Å². The van der Waals surface area contributed by atoms with Crippen molar-refractivity contribution < 1.29 is 9.53 Å². The Balaban J connectivity index is 1.43. The molecule has 26 heavy (non-hydrogen) atoms. The van der Waals surface area contributed by atoms with E-state index in [1.165, 1.54) is 37.7 Å². The van der Waals surface area contributed by atoms with E-state index >= 15 is 0 Å². The molecule has 1 heterocycles. The molecule has 0 bridgehead atoms. The molecule has 0 amide bonds. The van der Waals surface area contributed by atoms with Crippen molar-refractivity contribution in [3.63, 3.8) is 0 Å². The summed E-state index contributed by atoms with van der Waals surface area (Å²) in [7, 11) is 0. The minimum Gasteiger partial charge on any atom is -0.366 e. The van der Waals surface area contributed by atoms with Gasteiger partial charge >= 0.3 is 0 Å². The van der Waals surface area contributed by atoms with Crippen molar-refractivity contribution in [3.05, 3.63) is 23.8 Å². The highest BCUT2D eigenvalue weighted by atomic mass is 16.5. The summed E-state index contributed by atoms with van der Waals surface area (Å²) in [6.07, 6.45) is 15.3. The fourth-order valence-electron chi connectivity index (χ4n) is 9.05. The van der Waals surface area contributed by atoms with Crippen LogP contribution in [0.3, 0.4) is 0 Å². The minimum atomic E-state index is 0.0699. The lowest BCUT2D eigenvalue weighted by Crippen LogP contribution is -2.57. The third-order valence-electron chi connectivity index (χ3n) is 9.77. The second-order valence-electron chi connectivity index (χ2n) is 10.3. The maximum Gasteiger partial charge on any atom is 0.155 e. The molecule has 9 atom stereocenters. The molecule has 2 heteroatoms. The number of ether oxygens (including phenoxy) is 1. The summed E-state index contributed by atoms with van der Waals surface area (Å²) in [6.45, 7) is 5.76. The Morgan fingerprint density at radius 3 is 2.92 bits per heavy atom. The second kappa shape index (κ2) is 5.13. The first-order chi connectivity index (χ1) is 12.6. The largest absolute Gasteiger partial charge is 0.366 e. The first kappa shape index (κ1) is 16.1. The molecule has 5 aliphatic carbocycles. The maximum atomic E-state index is 12.0. The molecule has 6 rings (SSSR count). The lowest BCUT2D eigenvalue weighted by molar-refractivity contribution is -0.150. The smallest absolute Gasteiger partial charge is 0.155 e. The van der Waals surface area contributed by atoms with E-state index in [1.54, 1.807) is 0 Å². The average molecular weight is 353 g/mol. The van der Waals surface area contributed by atoms with Gasteiger partial charge in [0, 0.05) is 11.8 Å².